The molecule has 0 aliphatic carbocycles. The second kappa shape index (κ2) is 7.13. The van der Waals surface area contributed by atoms with Crippen LogP contribution in [0.15, 0.2) is 53.5 Å². The first-order valence-electron chi connectivity index (χ1n) is 8.02. The summed E-state index contributed by atoms with van der Waals surface area (Å²) in [5.41, 5.74) is 1.36. The Morgan fingerprint density at radius 2 is 1.91 bits per heavy atom. The summed E-state index contributed by atoms with van der Waals surface area (Å²) in [6.45, 7) is 1.43. The second-order valence-electron chi connectivity index (χ2n) is 5.87. The van der Waals surface area contributed by atoms with E-state index in [-0.39, 0.29) is 11.6 Å². The summed E-state index contributed by atoms with van der Waals surface area (Å²) < 4.78 is 0. The number of anilines is 1. The molecule has 0 bridgehead atoms. The molecule has 1 aliphatic heterocycles. The molecule has 1 aromatic heterocycles. The average molecular weight is 311 g/mol. The standard InChI is InChI=1S/C18H21N3O2/c22-17-16(9-4-11-19-17)20-18(23)21-12-5-8-15(10-13-21)14-6-2-1-3-7-14/h1-4,6-7,9,11,15H,5,8,10,12-13H2,(H,19,22)(H,20,23)/t15-/m0/s1. The highest BCUT2D eigenvalue weighted by Crippen LogP contribution is 2.27. The van der Waals surface area contributed by atoms with E-state index in [1.165, 1.54) is 5.56 Å². The Labute approximate surface area is 135 Å². The number of urea groups is 1. The molecule has 0 unspecified atom stereocenters. The van der Waals surface area contributed by atoms with Gasteiger partial charge in [-0.2, -0.15) is 0 Å². The van der Waals surface area contributed by atoms with E-state index in [4.69, 9.17) is 0 Å². The van der Waals surface area contributed by atoms with Gasteiger partial charge in [0.05, 0.1) is 0 Å². The molecular weight excluding hydrogens is 290 g/mol. The van der Waals surface area contributed by atoms with Gasteiger partial charge in [-0.3, -0.25) is 4.79 Å². The fourth-order valence-electron chi connectivity index (χ4n) is 3.07. The smallest absolute Gasteiger partial charge is 0.321 e. The van der Waals surface area contributed by atoms with E-state index in [9.17, 15) is 9.59 Å². The zero-order chi connectivity index (χ0) is 16.1. The van der Waals surface area contributed by atoms with E-state index in [1.807, 2.05) is 6.07 Å². The zero-order valence-electron chi connectivity index (χ0n) is 13.0. The van der Waals surface area contributed by atoms with Crippen molar-refractivity contribution in [2.24, 2.45) is 0 Å². The third kappa shape index (κ3) is 3.80. The maximum atomic E-state index is 12.4. The van der Waals surface area contributed by atoms with Crippen LogP contribution in [0.25, 0.3) is 0 Å². The van der Waals surface area contributed by atoms with Crippen LogP contribution in [-0.4, -0.2) is 29.0 Å². The molecule has 0 radical (unpaired) electrons. The number of pyridine rings is 1. The van der Waals surface area contributed by atoms with E-state index in [0.717, 1.165) is 25.8 Å². The van der Waals surface area contributed by atoms with Gasteiger partial charge in [-0.15, -0.1) is 0 Å². The van der Waals surface area contributed by atoms with E-state index in [0.29, 0.717) is 18.2 Å². The Bertz CT molecular complexity index is 711. The van der Waals surface area contributed by atoms with Crippen molar-refractivity contribution in [3.63, 3.8) is 0 Å². The van der Waals surface area contributed by atoms with E-state index in [2.05, 4.69) is 34.6 Å². The Hall–Kier alpha value is -2.56. The van der Waals surface area contributed by atoms with Gasteiger partial charge in [-0.25, -0.2) is 4.79 Å². The molecule has 1 fully saturated rings. The fourth-order valence-corrected chi connectivity index (χ4v) is 3.07. The highest BCUT2D eigenvalue weighted by atomic mass is 16.2. The van der Waals surface area contributed by atoms with Gasteiger partial charge in [0, 0.05) is 19.3 Å². The highest BCUT2D eigenvalue weighted by molar-refractivity contribution is 5.89. The molecule has 120 valence electrons. The number of hydrogen-bond acceptors (Lipinski definition) is 2. The number of aromatic nitrogens is 1. The Kier molecular flexibility index (Phi) is 4.76. The van der Waals surface area contributed by atoms with Crippen LogP contribution in [0.4, 0.5) is 10.5 Å². The van der Waals surface area contributed by atoms with Crippen molar-refractivity contribution in [2.45, 2.75) is 25.2 Å². The molecule has 1 saturated heterocycles. The molecule has 0 spiro atoms. The van der Waals surface area contributed by atoms with Crippen molar-refractivity contribution in [2.75, 3.05) is 18.4 Å². The van der Waals surface area contributed by atoms with Crippen molar-refractivity contribution >= 4 is 11.7 Å². The number of nitrogens with one attached hydrogen (secondary N) is 2. The highest BCUT2D eigenvalue weighted by Gasteiger charge is 2.21. The number of likely N-dealkylation sites (tertiary alicyclic amines) is 1. The minimum atomic E-state index is -0.280. The first-order chi connectivity index (χ1) is 11.2. The van der Waals surface area contributed by atoms with Crippen molar-refractivity contribution in [3.8, 4) is 0 Å². The third-order valence-electron chi connectivity index (χ3n) is 4.35. The SMILES string of the molecule is O=C(Nc1ccc[nH]c1=O)N1CCC[C@H](c2ccccc2)CC1. The molecule has 5 nitrogen and oxygen atoms in total. The lowest BCUT2D eigenvalue weighted by atomic mass is 9.92. The topological polar surface area (TPSA) is 65.2 Å². The summed E-state index contributed by atoms with van der Waals surface area (Å²) in [6, 6.07) is 13.6. The Balaban J connectivity index is 1.63. The van der Waals surface area contributed by atoms with Gasteiger partial charge < -0.3 is 15.2 Å². The number of carbonyl (C=O) groups is 1. The lowest BCUT2D eigenvalue weighted by molar-refractivity contribution is 0.213. The number of hydrogen-bond donors (Lipinski definition) is 2. The van der Waals surface area contributed by atoms with Gasteiger partial charge in [0.1, 0.15) is 5.69 Å². The molecule has 5 heteroatoms. The van der Waals surface area contributed by atoms with Gasteiger partial charge >= 0.3 is 6.03 Å². The number of aromatic amines is 1. The number of amides is 2. The van der Waals surface area contributed by atoms with Gasteiger partial charge in [0.25, 0.3) is 5.56 Å². The van der Waals surface area contributed by atoms with Gasteiger partial charge in [0.15, 0.2) is 0 Å². The van der Waals surface area contributed by atoms with Crippen molar-refractivity contribution < 1.29 is 4.79 Å². The molecule has 3 rings (SSSR count). The quantitative estimate of drug-likeness (QED) is 0.894. The molecular formula is C18H21N3O2. The number of nitrogens with zero attached hydrogens (tertiary/aromatic N) is 1. The largest absolute Gasteiger partial charge is 0.327 e. The zero-order valence-corrected chi connectivity index (χ0v) is 13.0. The monoisotopic (exact) mass is 311 g/mol. The van der Waals surface area contributed by atoms with Gasteiger partial charge in [0.2, 0.25) is 0 Å². The van der Waals surface area contributed by atoms with Crippen LogP contribution in [0, 0.1) is 0 Å². The van der Waals surface area contributed by atoms with Gasteiger partial charge in [-0.05, 0) is 42.9 Å². The summed E-state index contributed by atoms with van der Waals surface area (Å²) in [4.78, 5) is 28.4. The third-order valence-corrected chi connectivity index (χ3v) is 4.35. The molecule has 2 heterocycles. The van der Waals surface area contributed by atoms with E-state index >= 15 is 0 Å². The van der Waals surface area contributed by atoms with E-state index < -0.39 is 0 Å². The maximum Gasteiger partial charge on any atom is 0.321 e. The molecule has 1 aliphatic rings. The van der Waals surface area contributed by atoms with Crippen LogP contribution in [0.3, 0.4) is 0 Å². The second-order valence-corrected chi connectivity index (χ2v) is 5.87. The molecule has 2 aromatic rings. The molecule has 0 saturated carbocycles. The van der Waals surface area contributed by atoms with Crippen molar-refractivity contribution in [1.82, 2.24) is 9.88 Å². The molecule has 2 amide bonds. The number of benzene rings is 1. The maximum absolute atomic E-state index is 12.4. The molecule has 23 heavy (non-hydrogen) atoms. The minimum absolute atomic E-state index is 0.199. The predicted octanol–water partition coefficient (Wildman–Crippen LogP) is 3.18. The van der Waals surface area contributed by atoms with Crippen LogP contribution in [0.1, 0.15) is 30.7 Å². The first kappa shape index (κ1) is 15.3. The summed E-state index contributed by atoms with van der Waals surface area (Å²) >= 11 is 0. The summed E-state index contributed by atoms with van der Waals surface area (Å²) in [5, 5.41) is 2.71. The number of rotatable bonds is 2. The number of H-pyrrole nitrogens is 1. The Morgan fingerprint density at radius 1 is 1.09 bits per heavy atom. The van der Waals surface area contributed by atoms with Crippen LogP contribution in [-0.2, 0) is 0 Å². The minimum Gasteiger partial charge on any atom is -0.327 e. The average Bonchev–Trinajstić information content (AvgIpc) is 2.84. The first-order valence-corrected chi connectivity index (χ1v) is 8.02. The number of carbonyl (C=O) groups excluding carboxylic acids is 1. The van der Waals surface area contributed by atoms with Crippen molar-refractivity contribution in [3.05, 3.63) is 64.6 Å². The van der Waals surface area contributed by atoms with Gasteiger partial charge in [-0.1, -0.05) is 30.3 Å². The lowest BCUT2D eigenvalue weighted by Crippen LogP contribution is -2.37. The lowest BCUT2D eigenvalue weighted by Gasteiger charge is -2.21. The summed E-state index contributed by atoms with van der Waals surface area (Å²) in [7, 11) is 0. The van der Waals surface area contributed by atoms with E-state index in [1.54, 1.807) is 23.2 Å². The molecule has 2 N–H and O–H groups in total. The normalized spacial score (nSPS) is 18.3. The van der Waals surface area contributed by atoms with Crippen LogP contribution >= 0.6 is 0 Å². The molecule has 1 aromatic carbocycles. The van der Waals surface area contributed by atoms with Crippen LogP contribution < -0.4 is 10.9 Å². The predicted molar refractivity (Wildman–Crippen MR) is 90.7 cm³/mol. The van der Waals surface area contributed by atoms with Crippen LogP contribution in [0.2, 0.25) is 0 Å². The Morgan fingerprint density at radius 3 is 2.70 bits per heavy atom. The summed E-state index contributed by atoms with van der Waals surface area (Å²) in [5.74, 6) is 0.495. The van der Waals surface area contributed by atoms with Crippen LogP contribution in [0.5, 0.6) is 0 Å². The van der Waals surface area contributed by atoms with Crippen molar-refractivity contribution in [1.29, 1.82) is 0 Å². The molecule has 1 atom stereocenters. The fraction of sp³-hybridized carbons (Fsp3) is 0.333. The summed E-state index contributed by atoms with van der Waals surface area (Å²) in [6.07, 6.45) is 4.55.